The Bertz CT molecular complexity index is 1550. The van der Waals surface area contributed by atoms with Gasteiger partial charge in [0.05, 0.1) is 42.9 Å². The number of rotatable bonds is 14. The molecule has 2 aliphatic rings. The molecule has 1 N–H and O–H groups in total. The third-order valence-corrected chi connectivity index (χ3v) is 7.43. The SMILES string of the molecule is CN(C)CC(=O)N(C)CCCCC(=O)OC[C@@H]1C=C(c2ccc(-c3ccc(N4C[C@H](Cn5ccnn5)OC4=O)cc3F)cn2)NO1. The van der Waals surface area contributed by atoms with Crippen molar-refractivity contribution in [3.8, 4) is 11.1 Å². The van der Waals surface area contributed by atoms with Crippen LogP contribution in [0.15, 0.2) is 55.0 Å². The van der Waals surface area contributed by atoms with Crippen LogP contribution < -0.4 is 10.4 Å². The van der Waals surface area contributed by atoms with Gasteiger partial charge in [-0.05, 0) is 57.3 Å². The summed E-state index contributed by atoms with van der Waals surface area (Å²) in [6, 6.07) is 8.03. The van der Waals surface area contributed by atoms with E-state index in [0.29, 0.717) is 60.7 Å². The highest BCUT2D eigenvalue weighted by atomic mass is 19.1. The Hall–Kier alpha value is -4.89. The first kappa shape index (κ1) is 32.5. The van der Waals surface area contributed by atoms with Crippen molar-refractivity contribution in [2.75, 3.05) is 52.3 Å². The summed E-state index contributed by atoms with van der Waals surface area (Å²) in [6.45, 7) is 1.58. The normalized spacial score (nSPS) is 17.5. The van der Waals surface area contributed by atoms with Crippen LogP contribution in [0.2, 0.25) is 0 Å². The van der Waals surface area contributed by atoms with Gasteiger partial charge in [-0.2, -0.15) is 0 Å². The number of amides is 2. The fraction of sp³-hybridized carbons (Fsp3) is 0.419. The van der Waals surface area contributed by atoms with Crippen molar-refractivity contribution >= 4 is 29.4 Å². The number of carbonyl (C=O) groups is 3. The van der Waals surface area contributed by atoms with Crippen molar-refractivity contribution in [3.63, 3.8) is 0 Å². The fourth-order valence-electron chi connectivity index (χ4n) is 4.98. The van der Waals surface area contributed by atoms with Crippen molar-refractivity contribution in [2.45, 2.75) is 38.0 Å². The molecule has 2 aromatic heterocycles. The number of hydroxylamine groups is 1. The first-order valence-corrected chi connectivity index (χ1v) is 14.9. The molecule has 2 amide bonds. The van der Waals surface area contributed by atoms with Crippen LogP contribution in [-0.4, -0.2) is 107 Å². The van der Waals surface area contributed by atoms with E-state index < -0.39 is 24.1 Å². The average molecular weight is 637 g/mol. The molecule has 1 fully saturated rings. The first-order chi connectivity index (χ1) is 22.2. The van der Waals surface area contributed by atoms with Gasteiger partial charge in [0, 0.05) is 43.5 Å². The Labute approximate surface area is 265 Å². The van der Waals surface area contributed by atoms with E-state index in [-0.39, 0.29) is 31.4 Å². The highest BCUT2D eigenvalue weighted by Gasteiger charge is 2.33. The number of carbonyl (C=O) groups excluding carboxylic acids is 3. The van der Waals surface area contributed by atoms with Crippen LogP contribution >= 0.6 is 0 Å². The number of unbranched alkanes of at least 4 members (excludes halogenated alkanes) is 1. The maximum atomic E-state index is 15.2. The van der Waals surface area contributed by atoms with E-state index in [9.17, 15) is 14.4 Å². The van der Waals surface area contributed by atoms with Crippen LogP contribution in [-0.2, 0) is 30.4 Å². The predicted molar refractivity (Wildman–Crippen MR) is 164 cm³/mol. The largest absolute Gasteiger partial charge is 0.462 e. The van der Waals surface area contributed by atoms with Gasteiger partial charge in [0.1, 0.15) is 24.6 Å². The van der Waals surface area contributed by atoms with Gasteiger partial charge in [-0.15, -0.1) is 5.10 Å². The average Bonchev–Trinajstić information content (AvgIpc) is 3.80. The van der Waals surface area contributed by atoms with Gasteiger partial charge in [-0.3, -0.25) is 29.8 Å². The fourth-order valence-corrected chi connectivity index (χ4v) is 4.98. The van der Waals surface area contributed by atoms with Crippen molar-refractivity contribution in [2.24, 2.45) is 0 Å². The quantitative estimate of drug-likeness (QED) is 0.206. The third kappa shape index (κ3) is 8.43. The standard InChI is InChI=1S/C31H37FN8O6/c1-37(2)19-29(41)38(3)12-5-4-6-30(42)44-20-23-15-28(35-46-23)27-10-7-21(16-33-27)25-9-8-22(14-26(25)32)40-18-24(45-31(40)43)17-39-13-11-34-36-39/h7-11,13-16,23-24,35H,4-6,12,17-20H2,1-3H3/t23-,24-/m0/s1. The zero-order valence-corrected chi connectivity index (χ0v) is 26.0. The number of ether oxygens (including phenoxy) is 2. The summed E-state index contributed by atoms with van der Waals surface area (Å²) in [5.74, 6) is -0.808. The lowest BCUT2D eigenvalue weighted by Gasteiger charge is -2.19. The molecule has 0 bridgehead atoms. The van der Waals surface area contributed by atoms with Gasteiger partial charge in [0.2, 0.25) is 5.91 Å². The summed E-state index contributed by atoms with van der Waals surface area (Å²) >= 11 is 0. The number of pyridine rings is 1. The minimum atomic E-state index is -0.552. The molecule has 1 aromatic carbocycles. The summed E-state index contributed by atoms with van der Waals surface area (Å²) in [4.78, 5) is 51.4. The number of esters is 1. The van der Waals surface area contributed by atoms with Crippen LogP contribution in [0, 0.1) is 5.82 Å². The zero-order chi connectivity index (χ0) is 32.6. The summed E-state index contributed by atoms with van der Waals surface area (Å²) in [6.07, 6.45) is 6.61. The number of hydrogen-bond donors (Lipinski definition) is 1. The summed E-state index contributed by atoms with van der Waals surface area (Å²) in [7, 11) is 5.44. The van der Waals surface area contributed by atoms with Crippen molar-refractivity contribution in [1.29, 1.82) is 0 Å². The molecule has 244 valence electrons. The van der Waals surface area contributed by atoms with E-state index in [0.717, 1.165) is 0 Å². The number of anilines is 1. The zero-order valence-electron chi connectivity index (χ0n) is 26.0. The van der Waals surface area contributed by atoms with Gasteiger partial charge in [-0.1, -0.05) is 11.3 Å². The molecule has 0 aliphatic carbocycles. The number of nitrogens with one attached hydrogen (secondary N) is 1. The van der Waals surface area contributed by atoms with Gasteiger partial charge in [0.15, 0.2) is 0 Å². The van der Waals surface area contributed by atoms with Gasteiger partial charge in [0.25, 0.3) is 0 Å². The maximum absolute atomic E-state index is 15.2. The number of likely N-dealkylation sites (N-methyl/N-ethyl adjacent to an activating group) is 2. The van der Waals surface area contributed by atoms with Crippen LogP contribution in [0.4, 0.5) is 14.9 Å². The molecule has 0 radical (unpaired) electrons. The Morgan fingerprint density at radius 1 is 1.17 bits per heavy atom. The van der Waals surface area contributed by atoms with E-state index >= 15 is 4.39 Å². The molecule has 0 unspecified atom stereocenters. The molecule has 14 nitrogen and oxygen atoms in total. The lowest BCUT2D eigenvalue weighted by Crippen LogP contribution is -2.35. The molecule has 1 saturated heterocycles. The Balaban J connectivity index is 1.08. The van der Waals surface area contributed by atoms with E-state index in [1.165, 1.54) is 11.0 Å². The molecule has 4 heterocycles. The van der Waals surface area contributed by atoms with E-state index in [1.807, 2.05) is 19.0 Å². The van der Waals surface area contributed by atoms with Crippen LogP contribution in [0.3, 0.4) is 0 Å². The number of hydrogen-bond acceptors (Lipinski definition) is 11. The molecule has 2 aliphatic heterocycles. The Morgan fingerprint density at radius 2 is 2.02 bits per heavy atom. The van der Waals surface area contributed by atoms with Gasteiger partial charge in [-0.25, -0.2) is 13.9 Å². The second-order valence-corrected chi connectivity index (χ2v) is 11.4. The van der Waals surface area contributed by atoms with E-state index in [1.54, 1.807) is 65.6 Å². The molecule has 0 spiro atoms. The van der Waals surface area contributed by atoms with Crippen molar-refractivity contribution < 1.29 is 33.1 Å². The Morgan fingerprint density at radius 3 is 2.74 bits per heavy atom. The molecule has 0 saturated carbocycles. The molecular weight excluding hydrogens is 599 g/mol. The molecule has 2 atom stereocenters. The van der Waals surface area contributed by atoms with Crippen molar-refractivity contribution in [1.82, 2.24) is 35.3 Å². The maximum Gasteiger partial charge on any atom is 0.414 e. The molecule has 46 heavy (non-hydrogen) atoms. The second-order valence-electron chi connectivity index (χ2n) is 11.4. The predicted octanol–water partition coefficient (Wildman–Crippen LogP) is 2.48. The highest BCUT2D eigenvalue weighted by Crippen LogP contribution is 2.30. The lowest BCUT2D eigenvalue weighted by molar-refractivity contribution is -0.147. The summed E-state index contributed by atoms with van der Waals surface area (Å²) in [5, 5.41) is 7.63. The third-order valence-electron chi connectivity index (χ3n) is 7.43. The van der Waals surface area contributed by atoms with Crippen LogP contribution in [0.1, 0.15) is 25.0 Å². The van der Waals surface area contributed by atoms with Crippen LogP contribution in [0.25, 0.3) is 16.8 Å². The van der Waals surface area contributed by atoms with Crippen LogP contribution in [0.5, 0.6) is 0 Å². The van der Waals surface area contributed by atoms with Gasteiger partial charge < -0.3 is 19.3 Å². The second kappa shape index (κ2) is 14.9. The summed E-state index contributed by atoms with van der Waals surface area (Å²) in [5.41, 5.74) is 5.24. The molecular formula is C31H37FN8O6. The number of cyclic esters (lactones) is 1. The van der Waals surface area contributed by atoms with Crippen molar-refractivity contribution in [3.05, 3.63) is 66.5 Å². The lowest BCUT2D eigenvalue weighted by atomic mass is 10.1. The minimum Gasteiger partial charge on any atom is -0.462 e. The smallest absolute Gasteiger partial charge is 0.414 e. The summed E-state index contributed by atoms with van der Waals surface area (Å²) < 4.78 is 27.5. The Kier molecular flexibility index (Phi) is 10.5. The number of aromatic nitrogens is 4. The molecule has 15 heteroatoms. The molecule has 5 rings (SSSR count). The minimum absolute atomic E-state index is 0.0357. The van der Waals surface area contributed by atoms with Gasteiger partial charge >= 0.3 is 12.1 Å². The highest BCUT2D eigenvalue weighted by molar-refractivity contribution is 5.90. The molecule has 3 aromatic rings. The number of halogens is 1. The number of nitrogens with zero attached hydrogens (tertiary/aromatic N) is 7. The first-order valence-electron chi connectivity index (χ1n) is 14.9. The van der Waals surface area contributed by atoms with E-state index in [2.05, 4.69) is 20.8 Å². The monoisotopic (exact) mass is 636 g/mol. The topological polar surface area (TPSA) is 144 Å². The number of benzene rings is 1. The van der Waals surface area contributed by atoms with E-state index in [4.69, 9.17) is 14.3 Å².